The smallest absolute Gasteiger partial charge is 0.310 e. The van der Waals surface area contributed by atoms with Crippen LogP contribution in [0.2, 0.25) is 0 Å². The van der Waals surface area contributed by atoms with Gasteiger partial charge in [-0.25, -0.2) is 0 Å². The Labute approximate surface area is 131 Å². The summed E-state index contributed by atoms with van der Waals surface area (Å²) in [6.07, 6.45) is 0. The maximum Gasteiger partial charge on any atom is 0.310 e. The number of hydrogen-bond acceptors (Lipinski definition) is 5. The molecule has 0 aliphatic rings. The van der Waals surface area contributed by atoms with Crippen LogP contribution < -0.4 is 9.47 Å². The molecule has 6 heteroatoms. The number of hydrogen-bond donors (Lipinski definition) is 0. The Morgan fingerprint density at radius 1 is 1.14 bits per heavy atom. The average molecular weight is 309 g/mol. The second-order valence-electron chi connectivity index (χ2n) is 4.84. The zero-order chi connectivity index (χ0) is 16.7. The highest BCUT2D eigenvalue weighted by molar-refractivity contribution is 5.95. The van der Waals surface area contributed by atoms with Gasteiger partial charge in [-0.2, -0.15) is 0 Å². The second-order valence-corrected chi connectivity index (χ2v) is 4.84. The summed E-state index contributed by atoms with van der Waals surface area (Å²) >= 11 is 0. The highest BCUT2D eigenvalue weighted by atomic mass is 16.5. The maximum atomic E-state index is 12.6. The third kappa shape index (κ3) is 4.13. The number of benzene rings is 1. The van der Waals surface area contributed by atoms with Gasteiger partial charge in [0.1, 0.15) is 0 Å². The number of ether oxygens (including phenoxy) is 3. The molecule has 0 aliphatic heterocycles. The van der Waals surface area contributed by atoms with E-state index in [-0.39, 0.29) is 17.8 Å². The van der Waals surface area contributed by atoms with Gasteiger partial charge < -0.3 is 19.1 Å². The molecular weight excluding hydrogens is 286 g/mol. The fraction of sp³-hybridized carbons (Fsp3) is 0.500. The van der Waals surface area contributed by atoms with E-state index in [1.165, 1.54) is 21.3 Å². The molecule has 22 heavy (non-hydrogen) atoms. The molecule has 0 bridgehead atoms. The summed E-state index contributed by atoms with van der Waals surface area (Å²) < 4.78 is 15.1. The molecule has 0 aromatic heterocycles. The van der Waals surface area contributed by atoms with E-state index in [1.54, 1.807) is 30.0 Å². The SMILES string of the molecule is CCN(CC(C)C(=O)OC)C(=O)c1ccc(OC)c(OC)c1. The van der Waals surface area contributed by atoms with Gasteiger partial charge in [-0.15, -0.1) is 0 Å². The number of amides is 1. The lowest BCUT2D eigenvalue weighted by Gasteiger charge is -2.24. The van der Waals surface area contributed by atoms with Crippen molar-refractivity contribution in [2.75, 3.05) is 34.4 Å². The summed E-state index contributed by atoms with van der Waals surface area (Å²) in [4.78, 5) is 25.7. The lowest BCUT2D eigenvalue weighted by molar-refractivity contribution is -0.145. The van der Waals surface area contributed by atoms with Crippen LogP contribution in [0, 0.1) is 5.92 Å². The quantitative estimate of drug-likeness (QED) is 0.721. The number of carbonyl (C=O) groups is 2. The standard InChI is InChI=1S/C16H23NO5/c1-6-17(10-11(2)16(19)22-5)15(18)12-7-8-13(20-3)14(9-12)21-4/h7-9,11H,6,10H2,1-5H3. The third-order valence-electron chi connectivity index (χ3n) is 3.40. The van der Waals surface area contributed by atoms with Crippen LogP contribution in [-0.2, 0) is 9.53 Å². The van der Waals surface area contributed by atoms with Crippen LogP contribution in [0.1, 0.15) is 24.2 Å². The van der Waals surface area contributed by atoms with Crippen LogP contribution >= 0.6 is 0 Å². The Balaban J connectivity index is 2.94. The Morgan fingerprint density at radius 2 is 1.77 bits per heavy atom. The zero-order valence-electron chi connectivity index (χ0n) is 13.7. The zero-order valence-corrected chi connectivity index (χ0v) is 13.7. The Bertz CT molecular complexity index is 529. The van der Waals surface area contributed by atoms with E-state index >= 15 is 0 Å². The lowest BCUT2D eigenvalue weighted by atomic mass is 10.1. The van der Waals surface area contributed by atoms with Crippen molar-refractivity contribution in [3.8, 4) is 11.5 Å². The molecule has 1 rings (SSSR count). The molecule has 6 nitrogen and oxygen atoms in total. The summed E-state index contributed by atoms with van der Waals surface area (Å²) in [5, 5.41) is 0. The van der Waals surface area contributed by atoms with E-state index in [1.807, 2.05) is 6.92 Å². The molecule has 0 saturated heterocycles. The average Bonchev–Trinajstić information content (AvgIpc) is 2.57. The van der Waals surface area contributed by atoms with Crippen molar-refractivity contribution >= 4 is 11.9 Å². The molecule has 1 amide bonds. The molecule has 1 aromatic carbocycles. The van der Waals surface area contributed by atoms with E-state index < -0.39 is 0 Å². The molecule has 122 valence electrons. The van der Waals surface area contributed by atoms with E-state index in [0.717, 1.165) is 0 Å². The molecule has 0 heterocycles. The Kier molecular flexibility index (Phi) is 6.69. The summed E-state index contributed by atoms with van der Waals surface area (Å²) in [6, 6.07) is 4.99. The number of nitrogens with zero attached hydrogens (tertiary/aromatic N) is 1. The van der Waals surface area contributed by atoms with Gasteiger partial charge in [0.2, 0.25) is 0 Å². The maximum absolute atomic E-state index is 12.6. The molecule has 1 aromatic rings. The van der Waals surface area contributed by atoms with Crippen LogP contribution in [-0.4, -0.2) is 51.2 Å². The Hall–Kier alpha value is -2.24. The van der Waals surface area contributed by atoms with Gasteiger partial charge in [-0.05, 0) is 25.1 Å². The van der Waals surface area contributed by atoms with Crippen molar-refractivity contribution in [2.45, 2.75) is 13.8 Å². The minimum atomic E-state index is -0.381. The normalized spacial score (nSPS) is 11.5. The first-order chi connectivity index (χ1) is 10.5. The highest BCUT2D eigenvalue weighted by Gasteiger charge is 2.22. The third-order valence-corrected chi connectivity index (χ3v) is 3.40. The molecule has 0 fully saturated rings. The summed E-state index contributed by atoms with van der Waals surface area (Å²) in [6.45, 7) is 4.39. The fourth-order valence-electron chi connectivity index (χ4n) is 2.11. The predicted molar refractivity (Wildman–Crippen MR) is 82.3 cm³/mol. The van der Waals surface area contributed by atoms with Crippen molar-refractivity contribution in [3.05, 3.63) is 23.8 Å². The van der Waals surface area contributed by atoms with E-state index in [4.69, 9.17) is 14.2 Å². The van der Waals surface area contributed by atoms with Gasteiger partial charge in [0.25, 0.3) is 5.91 Å². The van der Waals surface area contributed by atoms with E-state index in [0.29, 0.717) is 30.2 Å². The number of rotatable bonds is 7. The van der Waals surface area contributed by atoms with E-state index in [9.17, 15) is 9.59 Å². The topological polar surface area (TPSA) is 65.1 Å². The summed E-state index contributed by atoms with van der Waals surface area (Å²) in [5.41, 5.74) is 0.483. The van der Waals surface area contributed by atoms with Crippen LogP contribution in [0.15, 0.2) is 18.2 Å². The highest BCUT2D eigenvalue weighted by Crippen LogP contribution is 2.28. The monoisotopic (exact) mass is 309 g/mol. The second kappa shape index (κ2) is 8.26. The van der Waals surface area contributed by atoms with Crippen LogP contribution in [0.25, 0.3) is 0 Å². The molecule has 0 aliphatic carbocycles. The predicted octanol–water partition coefficient (Wildman–Crippen LogP) is 1.97. The first-order valence-electron chi connectivity index (χ1n) is 7.07. The molecular formula is C16H23NO5. The first kappa shape index (κ1) is 17.8. The van der Waals surface area contributed by atoms with Crippen LogP contribution in [0.5, 0.6) is 11.5 Å². The summed E-state index contributed by atoms with van der Waals surface area (Å²) in [7, 11) is 4.39. The van der Waals surface area contributed by atoms with Gasteiger partial charge in [0, 0.05) is 18.7 Å². The molecule has 0 N–H and O–H groups in total. The van der Waals surface area contributed by atoms with Gasteiger partial charge in [0.15, 0.2) is 11.5 Å². The van der Waals surface area contributed by atoms with Crippen LogP contribution in [0.3, 0.4) is 0 Å². The van der Waals surface area contributed by atoms with Crippen molar-refractivity contribution in [1.82, 2.24) is 4.90 Å². The van der Waals surface area contributed by atoms with Gasteiger partial charge in [-0.3, -0.25) is 9.59 Å². The van der Waals surface area contributed by atoms with Crippen molar-refractivity contribution in [1.29, 1.82) is 0 Å². The molecule has 0 spiro atoms. The number of methoxy groups -OCH3 is 3. The van der Waals surface area contributed by atoms with Gasteiger partial charge in [0.05, 0.1) is 27.2 Å². The number of carbonyl (C=O) groups excluding carboxylic acids is 2. The van der Waals surface area contributed by atoms with Crippen molar-refractivity contribution < 1.29 is 23.8 Å². The largest absolute Gasteiger partial charge is 0.493 e. The minimum absolute atomic E-state index is 0.167. The van der Waals surface area contributed by atoms with Gasteiger partial charge in [-0.1, -0.05) is 6.92 Å². The van der Waals surface area contributed by atoms with Crippen molar-refractivity contribution in [2.24, 2.45) is 5.92 Å². The molecule has 1 atom stereocenters. The Morgan fingerprint density at radius 3 is 2.27 bits per heavy atom. The van der Waals surface area contributed by atoms with Crippen LogP contribution in [0.4, 0.5) is 0 Å². The fourth-order valence-corrected chi connectivity index (χ4v) is 2.11. The minimum Gasteiger partial charge on any atom is -0.493 e. The molecule has 1 unspecified atom stereocenters. The van der Waals surface area contributed by atoms with Crippen molar-refractivity contribution in [3.63, 3.8) is 0 Å². The summed E-state index contributed by atoms with van der Waals surface area (Å²) in [5.74, 6) is 0.169. The first-order valence-corrected chi connectivity index (χ1v) is 7.07. The van der Waals surface area contributed by atoms with Gasteiger partial charge >= 0.3 is 5.97 Å². The molecule has 0 saturated carbocycles. The molecule has 0 radical (unpaired) electrons. The van der Waals surface area contributed by atoms with E-state index in [2.05, 4.69) is 0 Å². The lowest BCUT2D eigenvalue weighted by Crippen LogP contribution is -2.37. The number of esters is 1.